The maximum Gasteiger partial charge on any atom is 0.219 e. The predicted molar refractivity (Wildman–Crippen MR) is 102 cm³/mol. The van der Waals surface area contributed by atoms with Crippen LogP contribution in [-0.2, 0) is 4.79 Å². The number of fused-ring (bicyclic) bond motifs is 4. The third kappa shape index (κ3) is 3.04. The van der Waals surface area contributed by atoms with E-state index in [0.717, 1.165) is 16.3 Å². The number of rotatable bonds is 4. The number of nitrogens with two attached hydrogens (primary N) is 1. The lowest BCUT2D eigenvalue weighted by Crippen LogP contribution is -2.26. The fourth-order valence-electron chi connectivity index (χ4n) is 3.41. The third-order valence-electron chi connectivity index (χ3n) is 4.71. The van der Waals surface area contributed by atoms with Crippen molar-refractivity contribution in [1.82, 2.24) is 4.90 Å². The van der Waals surface area contributed by atoms with Gasteiger partial charge in [-0.05, 0) is 37.7 Å². The molecule has 1 amide bonds. The summed E-state index contributed by atoms with van der Waals surface area (Å²) < 4.78 is 12.3. The summed E-state index contributed by atoms with van der Waals surface area (Å²) in [7, 11) is 3.79. The van der Waals surface area contributed by atoms with Gasteiger partial charge in [0.05, 0.1) is 0 Å². The lowest BCUT2D eigenvalue weighted by molar-refractivity contribution is -0.119. The molecule has 1 unspecified atom stereocenters. The Labute approximate surface area is 156 Å². The number of nitrogens with zero attached hydrogens (tertiary/aromatic N) is 1. The van der Waals surface area contributed by atoms with Crippen molar-refractivity contribution >= 4 is 16.7 Å². The molecule has 3 aromatic rings. The summed E-state index contributed by atoms with van der Waals surface area (Å²) in [4.78, 5) is 13.6. The van der Waals surface area contributed by atoms with Crippen LogP contribution in [0.25, 0.3) is 10.8 Å². The summed E-state index contributed by atoms with van der Waals surface area (Å²) in [5.41, 5.74) is 6.31. The highest BCUT2D eigenvalue weighted by atomic mass is 16.6. The fourth-order valence-corrected chi connectivity index (χ4v) is 3.41. The van der Waals surface area contributed by atoms with Gasteiger partial charge in [0.15, 0.2) is 23.0 Å². The second kappa shape index (κ2) is 6.48. The van der Waals surface area contributed by atoms with Crippen molar-refractivity contribution < 1.29 is 19.4 Å². The lowest BCUT2D eigenvalue weighted by atomic mass is 9.96. The van der Waals surface area contributed by atoms with Crippen LogP contribution in [-0.4, -0.2) is 30.0 Å². The molecule has 6 nitrogen and oxygen atoms in total. The molecule has 0 saturated heterocycles. The highest BCUT2D eigenvalue weighted by molar-refractivity contribution is 5.93. The van der Waals surface area contributed by atoms with Gasteiger partial charge in [0, 0.05) is 29.5 Å². The summed E-state index contributed by atoms with van der Waals surface area (Å²) >= 11 is 0. The van der Waals surface area contributed by atoms with Gasteiger partial charge >= 0.3 is 0 Å². The molecule has 6 heteroatoms. The number of carbonyl (C=O) groups is 1. The Morgan fingerprint density at radius 1 is 1.07 bits per heavy atom. The first kappa shape index (κ1) is 17.2. The van der Waals surface area contributed by atoms with E-state index in [1.54, 1.807) is 12.1 Å². The second-order valence-electron chi connectivity index (χ2n) is 6.83. The molecule has 27 heavy (non-hydrogen) atoms. The van der Waals surface area contributed by atoms with Crippen LogP contribution in [0.3, 0.4) is 0 Å². The van der Waals surface area contributed by atoms with Crippen molar-refractivity contribution in [3.63, 3.8) is 0 Å². The summed E-state index contributed by atoms with van der Waals surface area (Å²) in [5.74, 6) is 1.79. The molecule has 0 fully saturated rings. The number of aromatic hydroxyl groups is 1. The molecule has 0 saturated carbocycles. The van der Waals surface area contributed by atoms with E-state index in [0.29, 0.717) is 23.0 Å². The zero-order valence-electron chi connectivity index (χ0n) is 15.1. The van der Waals surface area contributed by atoms with E-state index in [-0.39, 0.29) is 18.2 Å². The molecule has 0 bridgehead atoms. The Hall–Kier alpha value is -3.25. The van der Waals surface area contributed by atoms with Gasteiger partial charge in [-0.15, -0.1) is 0 Å². The highest BCUT2D eigenvalue weighted by Gasteiger charge is 2.29. The molecule has 1 aliphatic heterocycles. The first-order chi connectivity index (χ1) is 12.9. The summed E-state index contributed by atoms with van der Waals surface area (Å²) in [6, 6.07) is 14.3. The molecule has 4 rings (SSSR count). The fraction of sp³-hybridized carbons (Fsp3) is 0.190. The van der Waals surface area contributed by atoms with Gasteiger partial charge in [-0.1, -0.05) is 24.3 Å². The Kier molecular flexibility index (Phi) is 4.12. The number of phenols is 1. The van der Waals surface area contributed by atoms with Crippen molar-refractivity contribution in [2.24, 2.45) is 5.73 Å². The summed E-state index contributed by atoms with van der Waals surface area (Å²) in [5, 5.41) is 11.6. The van der Waals surface area contributed by atoms with E-state index in [4.69, 9.17) is 15.2 Å². The monoisotopic (exact) mass is 364 g/mol. The van der Waals surface area contributed by atoms with Crippen LogP contribution in [0, 0.1) is 0 Å². The minimum absolute atomic E-state index is 0.0983. The second-order valence-corrected chi connectivity index (χ2v) is 6.83. The number of amides is 1. The molecule has 0 radical (unpaired) electrons. The standard InChI is InChI=1S/C21H20N2O4/c1-23(2)16(11-19(22)25)15-9-12-5-3-4-6-14(12)20-21(15)26-17-8-7-13(24)10-18(17)27-20/h3-10,16,24H,11H2,1-2H3,(H2,22,25). The van der Waals surface area contributed by atoms with Gasteiger partial charge in [-0.3, -0.25) is 4.79 Å². The number of ether oxygens (including phenoxy) is 2. The van der Waals surface area contributed by atoms with Crippen molar-refractivity contribution in [3.05, 3.63) is 54.1 Å². The van der Waals surface area contributed by atoms with Gasteiger partial charge in [0.25, 0.3) is 0 Å². The smallest absolute Gasteiger partial charge is 0.219 e. The SMILES string of the molecule is CN(C)C(CC(N)=O)c1cc2ccccc2c2c1Oc1ccc(O)cc1O2. The maximum atomic E-state index is 11.7. The lowest BCUT2D eigenvalue weighted by Gasteiger charge is -2.30. The maximum absolute atomic E-state index is 11.7. The van der Waals surface area contributed by atoms with E-state index >= 15 is 0 Å². The van der Waals surface area contributed by atoms with E-state index in [9.17, 15) is 9.90 Å². The van der Waals surface area contributed by atoms with Crippen LogP contribution in [0.2, 0.25) is 0 Å². The van der Waals surface area contributed by atoms with E-state index in [2.05, 4.69) is 0 Å². The molecular weight excluding hydrogens is 344 g/mol. The van der Waals surface area contributed by atoms with Crippen molar-refractivity contribution in [2.75, 3.05) is 14.1 Å². The first-order valence-corrected chi connectivity index (χ1v) is 8.63. The Morgan fingerprint density at radius 2 is 1.81 bits per heavy atom. The summed E-state index contributed by atoms with van der Waals surface area (Å²) in [6.45, 7) is 0. The van der Waals surface area contributed by atoms with Gasteiger partial charge in [0.2, 0.25) is 5.91 Å². The molecule has 1 atom stereocenters. The van der Waals surface area contributed by atoms with Crippen LogP contribution in [0.5, 0.6) is 28.7 Å². The van der Waals surface area contributed by atoms with Gasteiger partial charge in [0.1, 0.15) is 5.75 Å². The molecule has 0 aliphatic carbocycles. The topological polar surface area (TPSA) is 85.0 Å². The van der Waals surface area contributed by atoms with E-state index in [1.807, 2.05) is 49.3 Å². The van der Waals surface area contributed by atoms with Crippen LogP contribution >= 0.6 is 0 Å². The molecule has 138 valence electrons. The van der Waals surface area contributed by atoms with Crippen molar-refractivity contribution in [3.8, 4) is 28.7 Å². The van der Waals surface area contributed by atoms with Gasteiger partial charge < -0.3 is 25.2 Å². The van der Waals surface area contributed by atoms with E-state index in [1.165, 1.54) is 6.07 Å². The minimum atomic E-state index is -0.391. The Balaban J connectivity index is 1.95. The average Bonchev–Trinajstić information content (AvgIpc) is 2.63. The Bertz CT molecular complexity index is 1050. The summed E-state index contributed by atoms with van der Waals surface area (Å²) in [6.07, 6.45) is 0.156. The number of hydrogen-bond donors (Lipinski definition) is 2. The molecule has 3 aromatic carbocycles. The van der Waals surface area contributed by atoms with Crippen molar-refractivity contribution in [2.45, 2.75) is 12.5 Å². The third-order valence-corrected chi connectivity index (χ3v) is 4.71. The largest absolute Gasteiger partial charge is 0.508 e. The highest BCUT2D eigenvalue weighted by Crippen LogP contribution is 2.53. The molecule has 0 aromatic heterocycles. The molecule has 0 spiro atoms. The molecule has 1 heterocycles. The quantitative estimate of drug-likeness (QED) is 0.573. The van der Waals surface area contributed by atoms with Gasteiger partial charge in [-0.25, -0.2) is 0 Å². The van der Waals surface area contributed by atoms with E-state index < -0.39 is 5.91 Å². The predicted octanol–water partition coefficient (Wildman–Crippen LogP) is 3.92. The van der Waals surface area contributed by atoms with Crippen LogP contribution in [0.15, 0.2) is 48.5 Å². The Morgan fingerprint density at radius 3 is 2.56 bits per heavy atom. The molecule has 3 N–H and O–H groups in total. The molecular formula is C21H20N2O4. The zero-order valence-corrected chi connectivity index (χ0v) is 15.1. The minimum Gasteiger partial charge on any atom is -0.508 e. The van der Waals surface area contributed by atoms with Crippen LogP contribution in [0.1, 0.15) is 18.0 Å². The van der Waals surface area contributed by atoms with Crippen LogP contribution < -0.4 is 15.2 Å². The van der Waals surface area contributed by atoms with Crippen molar-refractivity contribution in [1.29, 1.82) is 0 Å². The van der Waals surface area contributed by atoms with Crippen LogP contribution in [0.4, 0.5) is 0 Å². The average molecular weight is 364 g/mol. The first-order valence-electron chi connectivity index (χ1n) is 8.63. The zero-order chi connectivity index (χ0) is 19.1. The number of primary amides is 1. The normalized spacial score (nSPS) is 13.4. The molecule has 1 aliphatic rings. The number of hydrogen-bond acceptors (Lipinski definition) is 5. The number of carbonyl (C=O) groups excluding carboxylic acids is 1. The van der Waals surface area contributed by atoms with Gasteiger partial charge in [-0.2, -0.15) is 0 Å². The number of benzene rings is 3. The number of phenolic OH excluding ortho intramolecular Hbond substituents is 1.